The molecule has 1 heterocycles. The first-order valence-corrected chi connectivity index (χ1v) is 6.79. The molecule has 0 saturated carbocycles. The molecule has 1 N–H and O–H groups in total. The Kier molecular flexibility index (Phi) is 4.80. The average molecular weight is 283 g/mol. The summed E-state index contributed by atoms with van der Waals surface area (Å²) in [6, 6.07) is 5.34. The number of nitrogens with zero attached hydrogens (tertiary/aromatic N) is 1. The van der Waals surface area contributed by atoms with Gasteiger partial charge in [-0.25, -0.2) is 0 Å². The molecule has 0 aromatic heterocycles. The summed E-state index contributed by atoms with van der Waals surface area (Å²) in [5, 5.41) is 3.93. The molecule has 0 spiro atoms. The lowest BCUT2D eigenvalue weighted by Gasteiger charge is -2.28. The van der Waals surface area contributed by atoms with Gasteiger partial charge < -0.3 is 15.0 Å². The summed E-state index contributed by atoms with van der Waals surface area (Å²) in [6.45, 7) is 4.86. The van der Waals surface area contributed by atoms with E-state index in [1.54, 1.807) is 24.1 Å². The summed E-state index contributed by atoms with van der Waals surface area (Å²) in [5.74, 6) is -0.00561. The molecule has 1 fully saturated rings. The van der Waals surface area contributed by atoms with E-state index in [-0.39, 0.29) is 12.0 Å². The maximum absolute atomic E-state index is 12.3. The van der Waals surface area contributed by atoms with Crippen molar-refractivity contribution in [2.75, 3.05) is 33.3 Å². The highest BCUT2D eigenvalue weighted by molar-refractivity contribution is 6.31. The maximum atomic E-state index is 12.3. The zero-order valence-corrected chi connectivity index (χ0v) is 12.0. The van der Waals surface area contributed by atoms with Gasteiger partial charge in [0.2, 0.25) is 0 Å². The van der Waals surface area contributed by atoms with E-state index in [2.05, 4.69) is 5.32 Å². The Labute approximate surface area is 118 Å². The Hall–Kier alpha value is -1.10. The van der Waals surface area contributed by atoms with Gasteiger partial charge in [-0.2, -0.15) is 0 Å². The van der Waals surface area contributed by atoms with Crippen molar-refractivity contribution < 1.29 is 9.53 Å². The molecule has 0 radical (unpaired) electrons. The molecule has 1 aromatic carbocycles. The van der Waals surface area contributed by atoms with Gasteiger partial charge in [0.15, 0.2) is 0 Å². The van der Waals surface area contributed by atoms with Crippen LogP contribution in [0.1, 0.15) is 15.9 Å². The first-order chi connectivity index (χ1) is 9.08. The van der Waals surface area contributed by atoms with Crippen LogP contribution in [0.3, 0.4) is 0 Å². The van der Waals surface area contributed by atoms with Crippen molar-refractivity contribution in [1.82, 2.24) is 10.2 Å². The fraction of sp³-hybridized carbons (Fsp3) is 0.500. The van der Waals surface area contributed by atoms with Crippen LogP contribution in [0.4, 0.5) is 0 Å². The third-order valence-electron chi connectivity index (χ3n) is 3.23. The van der Waals surface area contributed by atoms with Crippen LogP contribution < -0.4 is 5.32 Å². The zero-order valence-electron chi connectivity index (χ0n) is 11.3. The topological polar surface area (TPSA) is 41.6 Å². The summed E-state index contributed by atoms with van der Waals surface area (Å²) < 4.78 is 5.60. The Morgan fingerprint density at radius 3 is 3.00 bits per heavy atom. The van der Waals surface area contributed by atoms with Crippen LogP contribution in [0.2, 0.25) is 5.02 Å². The van der Waals surface area contributed by atoms with E-state index >= 15 is 0 Å². The number of hydrogen-bond acceptors (Lipinski definition) is 3. The molecule has 104 valence electrons. The lowest BCUT2D eigenvalue weighted by Crippen LogP contribution is -2.45. The van der Waals surface area contributed by atoms with Crippen LogP contribution >= 0.6 is 11.6 Å². The third-order valence-corrected chi connectivity index (χ3v) is 3.66. The number of nitrogens with one attached hydrogen (secondary N) is 1. The summed E-state index contributed by atoms with van der Waals surface area (Å²) in [7, 11) is 1.80. The second-order valence-electron chi connectivity index (χ2n) is 4.85. The molecule has 4 nitrogen and oxygen atoms in total. The molecule has 1 aromatic rings. The Morgan fingerprint density at radius 1 is 1.58 bits per heavy atom. The van der Waals surface area contributed by atoms with E-state index in [4.69, 9.17) is 16.3 Å². The number of carbonyl (C=O) groups is 1. The minimum Gasteiger partial charge on any atom is -0.374 e. The SMILES string of the molecule is Cc1cc(C(=O)N(C)CC2CNCCO2)ccc1Cl. The molecule has 1 atom stereocenters. The van der Waals surface area contributed by atoms with Crippen LogP contribution in [-0.2, 0) is 4.74 Å². The monoisotopic (exact) mass is 282 g/mol. The standard InChI is InChI=1S/C14H19ClN2O2/c1-10-7-11(3-4-13(10)15)14(18)17(2)9-12-8-16-5-6-19-12/h3-4,7,12,16H,5-6,8-9H2,1-2H3. The fourth-order valence-corrected chi connectivity index (χ4v) is 2.24. The van der Waals surface area contributed by atoms with Gasteiger partial charge in [0.05, 0.1) is 12.7 Å². The quantitative estimate of drug-likeness (QED) is 0.918. The predicted molar refractivity (Wildman–Crippen MR) is 75.8 cm³/mol. The number of halogens is 1. The van der Waals surface area contributed by atoms with E-state index in [1.165, 1.54) is 0 Å². The lowest BCUT2D eigenvalue weighted by atomic mass is 10.1. The van der Waals surface area contributed by atoms with Crippen LogP contribution in [-0.4, -0.2) is 50.2 Å². The first-order valence-electron chi connectivity index (χ1n) is 6.42. The van der Waals surface area contributed by atoms with Crippen molar-refractivity contribution in [2.24, 2.45) is 0 Å². The number of benzene rings is 1. The molecule has 5 heteroatoms. The molecule has 19 heavy (non-hydrogen) atoms. The van der Waals surface area contributed by atoms with Gasteiger partial charge in [0.1, 0.15) is 0 Å². The fourth-order valence-electron chi connectivity index (χ4n) is 2.12. The molecular weight excluding hydrogens is 264 g/mol. The van der Waals surface area contributed by atoms with Gasteiger partial charge in [-0.3, -0.25) is 4.79 Å². The van der Waals surface area contributed by atoms with Crippen LogP contribution in [0.15, 0.2) is 18.2 Å². The minimum atomic E-state index is -0.00561. The van der Waals surface area contributed by atoms with Gasteiger partial charge in [0, 0.05) is 37.3 Å². The molecule has 0 aliphatic carbocycles. The van der Waals surface area contributed by atoms with Crippen molar-refractivity contribution >= 4 is 17.5 Å². The minimum absolute atomic E-state index is 0.00561. The summed E-state index contributed by atoms with van der Waals surface area (Å²) in [6.07, 6.45) is 0.0658. The number of hydrogen-bond donors (Lipinski definition) is 1. The van der Waals surface area contributed by atoms with Crippen molar-refractivity contribution in [2.45, 2.75) is 13.0 Å². The third kappa shape index (κ3) is 3.69. The lowest BCUT2D eigenvalue weighted by molar-refractivity contribution is 0.0104. The smallest absolute Gasteiger partial charge is 0.253 e. The predicted octanol–water partition coefficient (Wildman–Crippen LogP) is 1.71. The van der Waals surface area contributed by atoms with Crippen molar-refractivity contribution in [3.63, 3.8) is 0 Å². The van der Waals surface area contributed by atoms with Gasteiger partial charge in [-0.15, -0.1) is 0 Å². The number of likely N-dealkylation sites (N-methyl/N-ethyl adjacent to an activating group) is 1. The number of aryl methyl sites for hydroxylation is 1. The highest BCUT2D eigenvalue weighted by atomic mass is 35.5. The van der Waals surface area contributed by atoms with Gasteiger partial charge in [-0.1, -0.05) is 11.6 Å². The van der Waals surface area contributed by atoms with E-state index in [9.17, 15) is 4.79 Å². The summed E-state index contributed by atoms with van der Waals surface area (Å²) in [5.41, 5.74) is 1.57. The molecule has 1 aliphatic heterocycles. The van der Waals surface area contributed by atoms with Crippen LogP contribution in [0.5, 0.6) is 0 Å². The Morgan fingerprint density at radius 2 is 2.37 bits per heavy atom. The Bertz CT molecular complexity index is 459. The van der Waals surface area contributed by atoms with Crippen molar-refractivity contribution in [1.29, 1.82) is 0 Å². The average Bonchev–Trinajstić information content (AvgIpc) is 2.42. The molecule has 0 bridgehead atoms. The van der Waals surface area contributed by atoms with E-state index in [1.807, 2.05) is 13.0 Å². The number of ether oxygens (including phenoxy) is 1. The van der Waals surface area contributed by atoms with E-state index < -0.39 is 0 Å². The number of rotatable bonds is 3. The molecule has 1 aliphatic rings. The molecule has 1 amide bonds. The maximum Gasteiger partial charge on any atom is 0.253 e. The zero-order chi connectivity index (χ0) is 13.8. The molecule has 2 rings (SSSR count). The van der Waals surface area contributed by atoms with Gasteiger partial charge >= 0.3 is 0 Å². The normalized spacial score (nSPS) is 19.2. The van der Waals surface area contributed by atoms with Crippen LogP contribution in [0, 0.1) is 6.92 Å². The van der Waals surface area contributed by atoms with Crippen molar-refractivity contribution in [3.8, 4) is 0 Å². The summed E-state index contributed by atoms with van der Waals surface area (Å²) in [4.78, 5) is 14.0. The second kappa shape index (κ2) is 6.37. The highest BCUT2D eigenvalue weighted by Gasteiger charge is 2.19. The molecule has 1 unspecified atom stereocenters. The largest absolute Gasteiger partial charge is 0.374 e. The summed E-state index contributed by atoms with van der Waals surface area (Å²) >= 11 is 5.97. The van der Waals surface area contributed by atoms with E-state index in [0.717, 1.165) is 18.7 Å². The van der Waals surface area contributed by atoms with Gasteiger partial charge in [0.25, 0.3) is 5.91 Å². The molecular formula is C14H19ClN2O2. The number of morpholine rings is 1. The second-order valence-corrected chi connectivity index (χ2v) is 5.25. The van der Waals surface area contributed by atoms with E-state index in [0.29, 0.717) is 23.7 Å². The van der Waals surface area contributed by atoms with Crippen molar-refractivity contribution in [3.05, 3.63) is 34.3 Å². The number of carbonyl (C=O) groups excluding carboxylic acids is 1. The number of amides is 1. The first kappa shape index (κ1) is 14.3. The van der Waals surface area contributed by atoms with Gasteiger partial charge in [-0.05, 0) is 30.7 Å². The van der Waals surface area contributed by atoms with Crippen LogP contribution in [0.25, 0.3) is 0 Å². The Balaban J connectivity index is 1.99. The molecule has 1 saturated heterocycles. The highest BCUT2D eigenvalue weighted by Crippen LogP contribution is 2.17.